The highest BCUT2D eigenvalue weighted by molar-refractivity contribution is 5.76. The normalized spacial score (nSPS) is 14.9. The number of hydrogen-bond donors (Lipinski definition) is 3. The average Bonchev–Trinajstić information content (AvgIpc) is 1.98. The zero-order valence-corrected chi connectivity index (χ0v) is 6.69. The molecule has 0 fully saturated rings. The molecule has 0 amide bonds. The molecule has 12 heavy (non-hydrogen) atoms. The molecule has 0 aromatic heterocycles. The number of nitrogens with two attached hydrogens (primary N) is 2. The van der Waals surface area contributed by atoms with Gasteiger partial charge < -0.3 is 21.3 Å². The van der Waals surface area contributed by atoms with Crippen molar-refractivity contribution in [2.24, 2.45) is 11.5 Å². The van der Waals surface area contributed by atoms with Crippen LogP contribution >= 0.6 is 0 Å². The lowest BCUT2D eigenvalue weighted by atomic mass is 10.3. The Hall–Kier alpha value is -1.14. The Morgan fingerprint density at radius 2 is 2.00 bits per heavy atom. The van der Waals surface area contributed by atoms with E-state index in [1.807, 2.05) is 0 Å². The maximum absolute atomic E-state index is 10.7. The van der Waals surface area contributed by atoms with Crippen molar-refractivity contribution in [3.05, 3.63) is 0 Å². The van der Waals surface area contributed by atoms with Gasteiger partial charge in [0.1, 0.15) is 18.7 Å². The molecule has 0 aliphatic heterocycles. The number of hydrogen-bond acceptors (Lipinski definition) is 5. The molecule has 0 aliphatic carbocycles. The van der Waals surface area contributed by atoms with Gasteiger partial charge in [-0.05, 0) is 6.92 Å². The highest BCUT2D eigenvalue weighted by Crippen LogP contribution is 1.86. The summed E-state index contributed by atoms with van der Waals surface area (Å²) in [5.41, 5.74) is 10.2. The van der Waals surface area contributed by atoms with E-state index in [0.29, 0.717) is 0 Å². The zero-order valence-electron chi connectivity index (χ0n) is 6.69. The van der Waals surface area contributed by atoms with Gasteiger partial charge in [0, 0.05) is 0 Å². The maximum atomic E-state index is 10.7. The van der Waals surface area contributed by atoms with Crippen LogP contribution in [0.2, 0.25) is 0 Å². The van der Waals surface area contributed by atoms with Crippen LogP contribution in [0.25, 0.3) is 0 Å². The number of ether oxygens (including phenoxy) is 1. The van der Waals surface area contributed by atoms with E-state index in [1.54, 1.807) is 0 Å². The van der Waals surface area contributed by atoms with E-state index in [0.717, 1.165) is 0 Å². The first-order valence-corrected chi connectivity index (χ1v) is 3.35. The van der Waals surface area contributed by atoms with Crippen molar-refractivity contribution in [1.29, 1.82) is 0 Å². The van der Waals surface area contributed by atoms with Crippen LogP contribution in [0, 0.1) is 0 Å². The fourth-order valence-corrected chi connectivity index (χ4v) is 0.375. The topological polar surface area (TPSA) is 116 Å². The summed E-state index contributed by atoms with van der Waals surface area (Å²) in [5.74, 6) is -1.88. The fraction of sp³-hybridized carbons (Fsp3) is 0.667. The molecule has 0 rings (SSSR count). The summed E-state index contributed by atoms with van der Waals surface area (Å²) in [6, 6.07) is -1.95. The van der Waals surface area contributed by atoms with Gasteiger partial charge in [-0.15, -0.1) is 0 Å². The molecule has 0 aromatic rings. The second-order valence-electron chi connectivity index (χ2n) is 2.36. The van der Waals surface area contributed by atoms with Crippen LogP contribution in [0.4, 0.5) is 0 Å². The van der Waals surface area contributed by atoms with Crippen LogP contribution in [-0.2, 0) is 14.3 Å². The standard InChI is InChI=1S/C6H12N2O4/c1-3(7)6(11)12-2-4(8)5(9)10/h3-4H,2,7-8H2,1H3,(H,9,10)/t3-,4+/m0/s1. The third-order valence-corrected chi connectivity index (χ3v) is 1.09. The van der Waals surface area contributed by atoms with Gasteiger partial charge in [-0.3, -0.25) is 9.59 Å². The molecule has 70 valence electrons. The predicted molar refractivity (Wildman–Crippen MR) is 40.2 cm³/mol. The van der Waals surface area contributed by atoms with Gasteiger partial charge in [-0.2, -0.15) is 0 Å². The maximum Gasteiger partial charge on any atom is 0.324 e. The molecule has 0 saturated carbocycles. The van der Waals surface area contributed by atoms with E-state index in [9.17, 15) is 9.59 Å². The molecular weight excluding hydrogens is 164 g/mol. The van der Waals surface area contributed by atoms with E-state index in [2.05, 4.69) is 4.74 Å². The van der Waals surface area contributed by atoms with Crippen molar-refractivity contribution < 1.29 is 19.4 Å². The lowest BCUT2D eigenvalue weighted by Gasteiger charge is -2.09. The van der Waals surface area contributed by atoms with E-state index in [1.165, 1.54) is 6.92 Å². The molecule has 0 radical (unpaired) electrons. The third kappa shape index (κ3) is 3.89. The zero-order chi connectivity index (χ0) is 9.72. The van der Waals surface area contributed by atoms with E-state index in [-0.39, 0.29) is 6.61 Å². The number of aliphatic carboxylic acids is 1. The number of carboxylic acid groups (broad SMARTS) is 1. The lowest BCUT2D eigenvalue weighted by Crippen LogP contribution is -2.38. The Labute approximate surface area is 69.5 Å². The van der Waals surface area contributed by atoms with Crippen molar-refractivity contribution in [3.63, 3.8) is 0 Å². The van der Waals surface area contributed by atoms with Crippen LogP contribution in [0.15, 0.2) is 0 Å². The molecule has 6 nitrogen and oxygen atoms in total. The van der Waals surface area contributed by atoms with Gasteiger partial charge in [0.05, 0.1) is 0 Å². The summed E-state index contributed by atoms with van der Waals surface area (Å²) in [6.07, 6.45) is 0. The SMILES string of the molecule is C[C@H](N)C(=O)OC[C@@H](N)C(=O)O. The summed E-state index contributed by atoms with van der Waals surface area (Å²) in [6.45, 7) is 1.09. The summed E-state index contributed by atoms with van der Waals surface area (Å²) in [5, 5.41) is 8.29. The first-order chi connectivity index (χ1) is 5.45. The number of esters is 1. The van der Waals surface area contributed by atoms with Crippen LogP contribution in [0.5, 0.6) is 0 Å². The first kappa shape index (κ1) is 10.9. The van der Waals surface area contributed by atoms with Crippen molar-refractivity contribution in [3.8, 4) is 0 Å². The molecule has 0 spiro atoms. The minimum absolute atomic E-state index is 0.351. The van der Waals surface area contributed by atoms with Gasteiger partial charge in [0.25, 0.3) is 0 Å². The molecule has 0 unspecified atom stereocenters. The van der Waals surface area contributed by atoms with E-state index < -0.39 is 24.0 Å². The summed E-state index contributed by atoms with van der Waals surface area (Å²) in [7, 11) is 0. The summed E-state index contributed by atoms with van der Waals surface area (Å²) in [4.78, 5) is 20.8. The van der Waals surface area contributed by atoms with Crippen LogP contribution in [-0.4, -0.2) is 35.7 Å². The molecular formula is C6H12N2O4. The molecule has 2 atom stereocenters. The highest BCUT2D eigenvalue weighted by Gasteiger charge is 2.15. The molecule has 5 N–H and O–H groups in total. The van der Waals surface area contributed by atoms with E-state index >= 15 is 0 Å². The van der Waals surface area contributed by atoms with Crippen LogP contribution in [0.3, 0.4) is 0 Å². The molecule has 0 heterocycles. The number of carbonyl (C=O) groups is 2. The highest BCUT2D eigenvalue weighted by atomic mass is 16.5. The second-order valence-corrected chi connectivity index (χ2v) is 2.36. The smallest absolute Gasteiger partial charge is 0.324 e. The van der Waals surface area contributed by atoms with Gasteiger partial charge >= 0.3 is 11.9 Å². The molecule has 0 aliphatic rings. The van der Waals surface area contributed by atoms with Gasteiger partial charge in [-0.25, -0.2) is 0 Å². The second kappa shape index (κ2) is 4.68. The predicted octanol–water partition coefficient (Wildman–Crippen LogP) is -1.71. The Morgan fingerprint density at radius 1 is 1.50 bits per heavy atom. The third-order valence-electron chi connectivity index (χ3n) is 1.09. The monoisotopic (exact) mass is 176 g/mol. The average molecular weight is 176 g/mol. The van der Waals surface area contributed by atoms with Gasteiger partial charge in [0.15, 0.2) is 0 Å². The number of rotatable bonds is 4. The number of carbonyl (C=O) groups excluding carboxylic acids is 1. The summed E-state index contributed by atoms with van der Waals surface area (Å²) < 4.78 is 4.46. The Bertz CT molecular complexity index is 180. The van der Waals surface area contributed by atoms with E-state index in [4.69, 9.17) is 16.6 Å². The van der Waals surface area contributed by atoms with Crippen molar-refractivity contribution in [1.82, 2.24) is 0 Å². The van der Waals surface area contributed by atoms with Gasteiger partial charge in [0.2, 0.25) is 0 Å². The quantitative estimate of drug-likeness (QED) is 0.439. The Morgan fingerprint density at radius 3 is 2.33 bits per heavy atom. The summed E-state index contributed by atoms with van der Waals surface area (Å²) >= 11 is 0. The largest absolute Gasteiger partial charge is 0.480 e. The van der Waals surface area contributed by atoms with Crippen LogP contribution in [0.1, 0.15) is 6.92 Å². The first-order valence-electron chi connectivity index (χ1n) is 3.35. The van der Waals surface area contributed by atoms with Crippen molar-refractivity contribution in [2.45, 2.75) is 19.0 Å². The minimum atomic E-state index is -1.22. The molecule has 0 saturated heterocycles. The van der Waals surface area contributed by atoms with Gasteiger partial charge in [-0.1, -0.05) is 0 Å². The van der Waals surface area contributed by atoms with Crippen molar-refractivity contribution >= 4 is 11.9 Å². The molecule has 0 aromatic carbocycles. The molecule has 0 bridgehead atoms. The Kier molecular flexibility index (Phi) is 4.24. The van der Waals surface area contributed by atoms with Crippen LogP contribution < -0.4 is 11.5 Å². The molecule has 6 heteroatoms. The lowest BCUT2D eigenvalue weighted by molar-refractivity contribution is -0.148. The fourth-order valence-electron chi connectivity index (χ4n) is 0.375. The Balaban J connectivity index is 3.69. The van der Waals surface area contributed by atoms with Crippen molar-refractivity contribution in [2.75, 3.05) is 6.61 Å². The minimum Gasteiger partial charge on any atom is -0.480 e. The number of carboxylic acids is 1.